The Bertz CT molecular complexity index is 1690. The first-order chi connectivity index (χ1) is 26.3. The monoisotopic (exact) mass is 782 g/mol. The first kappa shape index (κ1) is 46.1. The van der Waals surface area contributed by atoms with Crippen molar-refractivity contribution in [3.63, 3.8) is 0 Å². The number of benzene rings is 2. The number of aliphatic carboxylic acids is 1. The summed E-state index contributed by atoms with van der Waals surface area (Å²) < 4.78 is 0. The van der Waals surface area contributed by atoms with Gasteiger partial charge in [0.05, 0.1) is 12.6 Å². The molecule has 0 spiro atoms. The van der Waals surface area contributed by atoms with E-state index in [0.29, 0.717) is 11.1 Å². The minimum Gasteiger partial charge on any atom is -0.508 e. The SMILES string of the molecule is CC(C)[C@H](NC(=O)[C@H](NC(=O)[C@H](CCC(=O)O)NC(=O)[C@H](Cc1ccccc1)NC(=O)[C@@H](C)NC(=O)[C@@H](N)Cc1ccc(O)cc1)C(C)C)C(=O)NCC(N)=O. The lowest BCUT2D eigenvalue weighted by Crippen LogP contribution is -2.61. The molecule has 0 aliphatic carbocycles. The molecule has 2 aromatic rings. The van der Waals surface area contributed by atoms with Gasteiger partial charge < -0.3 is 53.6 Å². The van der Waals surface area contributed by atoms with Crippen molar-refractivity contribution in [3.8, 4) is 5.75 Å². The number of hydrogen-bond donors (Lipinski definition) is 10. The number of carbonyl (C=O) groups excluding carboxylic acids is 7. The Morgan fingerprint density at radius 1 is 0.607 bits per heavy atom. The molecule has 0 fully saturated rings. The van der Waals surface area contributed by atoms with E-state index < -0.39 is 108 Å². The molecule has 0 unspecified atom stereocenters. The van der Waals surface area contributed by atoms with Crippen molar-refractivity contribution in [2.45, 2.75) is 96.6 Å². The van der Waals surface area contributed by atoms with E-state index in [0.717, 1.165) is 0 Å². The normalized spacial score (nSPS) is 14.2. The predicted molar refractivity (Wildman–Crippen MR) is 204 cm³/mol. The van der Waals surface area contributed by atoms with Gasteiger partial charge in [-0.2, -0.15) is 0 Å². The van der Waals surface area contributed by atoms with Gasteiger partial charge in [-0.05, 0) is 54.9 Å². The molecule has 0 heterocycles. The molecule has 0 radical (unpaired) electrons. The molecule has 7 amide bonds. The number of amides is 7. The first-order valence-electron chi connectivity index (χ1n) is 18.2. The number of carbonyl (C=O) groups is 8. The molecule has 0 saturated heterocycles. The van der Waals surface area contributed by atoms with Crippen LogP contribution in [0.25, 0.3) is 0 Å². The Labute approximate surface area is 325 Å². The summed E-state index contributed by atoms with van der Waals surface area (Å²) in [6.45, 7) is 7.50. The fraction of sp³-hybridized carbons (Fsp3) is 0.474. The van der Waals surface area contributed by atoms with E-state index in [9.17, 15) is 48.6 Å². The lowest BCUT2D eigenvalue weighted by atomic mass is 9.99. The maximum absolute atomic E-state index is 13.8. The molecule has 0 saturated carbocycles. The third-order valence-corrected chi connectivity index (χ3v) is 8.61. The Balaban J connectivity index is 2.26. The third-order valence-electron chi connectivity index (χ3n) is 8.61. The molecular formula is C38H54N8O10. The van der Waals surface area contributed by atoms with Crippen LogP contribution in [0.1, 0.15) is 58.6 Å². The van der Waals surface area contributed by atoms with Crippen LogP contribution in [-0.4, -0.2) is 100 Å². The molecule has 2 rings (SSSR count). The van der Waals surface area contributed by atoms with Crippen molar-refractivity contribution in [1.29, 1.82) is 0 Å². The molecule has 12 N–H and O–H groups in total. The first-order valence-corrected chi connectivity index (χ1v) is 18.2. The summed E-state index contributed by atoms with van der Waals surface area (Å²) in [5.74, 6) is -7.58. The number of nitrogens with two attached hydrogens (primary N) is 2. The minimum atomic E-state index is -1.49. The summed E-state index contributed by atoms with van der Waals surface area (Å²) in [6, 6.07) is 7.34. The van der Waals surface area contributed by atoms with Crippen LogP contribution in [0.3, 0.4) is 0 Å². The average molecular weight is 783 g/mol. The molecule has 0 aliphatic heterocycles. The van der Waals surface area contributed by atoms with Crippen molar-refractivity contribution in [2.75, 3.05) is 6.54 Å². The zero-order valence-corrected chi connectivity index (χ0v) is 32.2. The lowest BCUT2D eigenvalue weighted by Gasteiger charge is -2.29. The van der Waals surface area contributed by atoms with E-state index >= 15 is 0 Å². The summed E-state index contributed by atoms with van der Waals surface area (Å²) in [6.07, 6.45) is -0.877. The highest BCUT2D eigenvalue weighted by Gasteiger charge is 2.34. The van der Waals surface area contributed by atoms with Crippen molar-refractivity contribution in [2.24, 2.45) is 23.3 Å². The van der Waals surface area contributed by atoms with Gasteiger partial charge in [-0.25, -0.2) is 0 Å². The molecule has 0 aliphatic rings. The zero-order chi connectivity index (χ0) is 42.1. The molecule has 18 heteroatoms. The lowest BCUT2D eigenvalue weighted by molar-refractivity contribution is -0.139. The van der Waals surface area contributed by atoms with Gasteiger partial charge in [0.1, 0.15) is 36.0 Å². The standard InChI is InChI=1S/C38H54N8O10/c1-20(2)31(37(55)41-19-29(40)48)46-38(56)32(21(3)4)45-35(53)27(15-16-30(49)50)43-36(54)28(18-23-9-7-6-8-10-23)44-33(51)22(5)42-34(52)26(39)17-24-11-13-25(47)14-12-24/h6-14,20-22,26-28,31-32,47H,15-19,39H2,1-5H3,(H2,40,48)(H,41,55)(H,42,52)(H,43,54)(H,44,51)(H,45,53)(H,46,56)(H,49,50)/t22-,26+,27+,28+,31+,32-/m1/s1. The highest BCUT2D eigenvalue weighted by Crippen LogP contribution is 2.12. The molecule has 0 bridgehead atoms. The molecular weight excluding hydrogens is 728 g/mol. The molecule has 18 nitrogen and oxygen atoms in total. The Hall–Kier alpha value is -6.04. The van der Waals surface area contributed by atoms with Crippen molar-refractivity contribution in [1.82, 2.24) is 31.9 Å². The van der Waals surface area contributed by atoms with Crippen LogP contribution in [0.2, 0.25) is 0 Å². The number of phenolic OH excluding ortho intramolecular Hbond substituents is 1. The van der Waals surface area contributed by atoms with Crippen LogP contribution in [0.15, 0.2) is 54.6 Å². The quantitative estimate of drug-likeness (QED) is 0.0672. The van der Waals surface area contributed by atoms with Gasteiger partial charge in [-0.3, -0.25) is 38.4 Å². The van der Waals surface area contributed by atoms with E-state index in [1.165, 1.54) is 19.1 Å². The van der Waals surface area contributed by atoms with Crippen LogP contribution in [-0.2, 0) is 51.2 Å². The van der Waals surface area contributed by atoms with Crippen molar-refractivity contribution in [3.05, 3.63) is 65.7 Å². The van der Waals surface area contributed by atoms with E-state index in [-0.39, 0.29) is 25.0 Å². The average Bonchev–Trinajstić information content (AvgIpc) is 3.13. The minimum absolute atomic E-state index is 0.0464. The number of carboxylic acid groups (broad SMARTS) is 1. The second kappa shape index (κ2) is 22.4. The Kier molecular flexibility index (Phi) is 18.4. The molecule has 2 aromatic carbocycles. The zero-order valence-electron chi connectivity index (χ0n) is 32.2. The van der Waals surface area contributed by atoms with E-state index in [1.807, 2.05) is 0 Å². The van der Waals surface area contributed by atoms with Crippen molar-refractivity contribution >= 4 is 47.3 Å². The molecule has 0 aromatic heterocycles. The molecule has 306 valence electrons. The number of rotatable bonds is 22. The largest absolute Gasteiger partial charge is 0.508 e. The number of phenols is 1. The van der Waals surface area contributed by atoms with Gasteiger partial charge >= 0.3 is 5.97 Å². The highest BCUT2D eigenvalue weighted by atomic mass is 16.4. The highest BCUT2D eigenvalue weighted by molar-refractivity contribution is 5.97. The second-order valence-electron chi connectivity index (χ2n) is 14.1. The maximum atomic E-state index is 13.8. The number of hydrogen-bond acceptors (Lipinski definition) is 10. The van der Waals surface area contributed by atoms with Gasteiger partial charge in [-0.15, -0.1) is 0 Å². The van der Waals surface area contributed by atoms with E-state index in [4.69, 9.17) is 11.5 Å². The third kappa shape index (κ3) is 15.7. The summed E-state index contributed by atoms with van der Waals surface area (Å²) in [7, 11) is 0. The molecule has 56 heavy (non-hydrogen) atoms. The Morgan fingerprint density at radius 3 is 1.68 bits per heavy atom. The van der Waals surface area contributed by atoms with Gasteiger partial charge in [0.2, 0.25) is 41.4 Å². The summed E-state index contributed by atoms with van der Waals surface area (Å²) in [4.78, 5) is 103. The Morgan fingerprint density at radius 2 is 1.12 bits per heavy atom. The van der Waals surface area contributed by atoms with E-state index in [2.05, 4.69) is 31.9 Å². The summed E-state index contributed by atoms with van der Waals surface area (Å²) >= 11 is 0. The van der Waals surface area contributed by atoms with Gasteiger partial charge in [0.15, 0.2) is 0 Å². The fourth-order valence-electron chi connectivity index (χ4n) is 5.38. The second-order valence-corrected chi connectivity index (χ2v) is 14.1. The maximum Gasteiger partial charge on any atom is 0.303 e. The number of carboxylic acids is 1. The number of nitrogens with one attached hydrogen (secondary N) is 6. The van der Waals surface area contributed by atoms with Gasteiger partial charge in [0, 0.05) is 12.8 Å². The summed E-state index contributed by atoms with van der Waals surface area (Å²) in [5.41, 5.74) is 12.5. The van der Waals surface area contributed by atoms with Crippen LogP contribution in [0.4, 0.5) is 0 Å². The number of primary amides is 1. The van der Waals surface area contributed by atoms with Gasteiger partial charge in [-0.1, -0.05) is 70.2 Å². The summed E-state index contributed by atoms with van der Waals surface area (Å²) in [5, 5.41) is 34.0. The van der Waals surface area contributed by atoms with Crippen LogP contribution >= 0.6 is 0 Å². The van der Waals surface area contributed by atoms with Crippen molar-refractivity contribution < 1.29 is 48.6 Å². The fourth-order valence-corrected chi connectivity index (χ4v) is 5.38. The van der Waals surface area contributed by atoms with Gasteiger partial charge in [0.25, 0.3) is 0 Å². The predicted octanol–water partition coefficient (Wildman–Crippen LogP) is -1.27. The van der Waals surface area contributed by atoms with E-state index in [1.54, 1.807) is 70.2 Å². The van der Waals surface area contributed by atoms with Crippen LogP contribution < -0.4 is 43.4 Å². The number of aromatic hydroxyl groups is 1. The smallest absolute Gasteiger partial charge is 0.303 e. The topological polar surface area (TPSA) is 301 Å². The van der Waals surface area contributed by atoms with Crippen LogP contribution in [0, 0.1) is 11.8 Å². The molecule has 6 atom stereocenters. The van der Waals surface area contributed by atoms with Crippen LogP contribution in [0.5, 0.6) is 5.75 Å².